The molecule has 0 radical (unpaired) electrons. The molecule has 2 fully saturated rings. The maximum Gasteiger partial charge on any atom is 0.226 e. The lowest BCUT2D eigenvalue weighted by Gasteiger charge is -2.37. The summed E-state index contributed by atoms with van der Waals surface area (Å²) in [7, 11) is 0. The number of carbonyl (C=O) groups is 1. The second-order valence-corrected chi connectivity index (χ2v) is 12.1. The van der Waals surface area contributed by atoms with Crippen molar-refractivity contribution in [3.63, 3.8) is 0 Å². The van der Waals surface area contributed by atoms with E-state index in [1.165, 1.54) is 29.0 Å². The van der Waals surface area contributed by atoms with Crippen molar-refractivity contribution in [2.45, 2.75) is 58.2 Å². The maximum atomic E-state index is 13.4. The van der Waals surface area contributed by atoms with Crippen LogP contribution in [0.15, 0.2) is 24.7 Å². The minimum atomic E-state index is 0.0164. The van der Waals surface area contributed by atoms with E-state index in [1.807, 2.05) is 24.9 Å². The number of rotatable bonds is 4. The highest BCUT2D eigenvalue weighted by molar-refractivity contribution is 7.19. The third kappa shape index (κ3) is 4.19. The molecule has 7 rings (SSSR count). The Morgan fingerprint density at radius 3 is 2.79 bits per heavy atom. The number of ether oxygens (including phenoxy) is 1. The second kappa shape index (κ2) is 9.50. The van der Waals surface area contributed by atoms with Crippen LogP contribution in [0.1, 0.15) is 43.6 Å². The van der Waals surface area contributed by atoms with E-state index in [1.54, 1.807) is 17.7 Å². The minimum absolute atomic E-state index is 0.0164. The fourth-order valence-electron chi connectivity index (χ4n) is 6.46. The third-order valence-electron chi connectivity index (χ3n) is 8.18. The van der Waals surface area contributed by atoms with Crippen LogP contribution in [0.25, 0.3) is 21.1 Å². The zero-order valence-electron chi connectivity index (χ0n) is 21.9. The van der Waals surface area contributed by atoms with Gasteiger partial charge in [0.1, 0.15) is 17.0 Å². The third-order valence-corrected chi connectivity index (χ3v) is 9.34. The number of hydrogen-bond donors (Lipinski definition) is 2. The number of aromatic amines is 1. The lowest BCUT2D eigenvalue weighted by molar-refractivity contribution is -0.147. The molecule has 3 aliphatic rings. The number of nitrogens with one attached hydrogen (secondary N) is 2. The zero-order valence-corrected chi connectivity index (χ0v) is 22.7. The van der Waals surface area contributed by atoms with Gasteiger partial charge in [-0.3, -0.25) is 9.89 Å². The minimum Gasteiger partial charge on any atom is -0.372 e. The highest BCUT2D eigenvalue weighted by Crippen LogP contribution is 2.42. The Bertz CT molecular complexity index is 1500. The second-order valence-electron chi connectivity index (χ2n) is 11.0. The lowest BCUT2D eigenvalue weighted by atomic mass is 9.86. The van der Waals surface area contributed by atoms with Gasteiger partial charge in [-0.2, -0.15) is 5.10 Å². The van der Waals surface area contributed by atoms with Crippen molar-refractivity contribution >= 4 is 55.6 Å². The fraction of sp³-hybridized carbons (Fsp3) is 0.500. The van der Waals surface area contributed by atoms with Gasteiger partial charge in [0, 0.05) is 42.4 Å². The summed E-state index contributed by atoms with van der Waals surface area (Å²) in [5.74, 6) is 1.13. The van der Waals surface area contributed by atoms with Gasteiger partial charge in [0.2, 0.25) is 5.91 Å². The first-order valence-electron chi connectivity index (χ1n) is 13.7. The molecule has 0 unspecified atom stereocenters. The van der Waals surface area contributed by atoms with E-state index in [9.17, 15) is 4.79 Å². The maximum absolute atomic E-state index is 13.4. The molecule has 0 bridgehead atoms. The van der Waals surface area contributed by atoms with Crippen LogP contribution in [0, 0.1) is 5.92 Å². The number of benzene rings is 1. The van der Waals surface area contributed by atoms with E-state index < -0.39 is 0 Å². The van der Waals surface area contributed by atoms with E-state index in [-0.39, 0.29) is 24.0 Å². The van der Waals surface area contributed by atoms with E-state index >= 15 is 0 Å². The number of thiophene rings is 1. The summed E-state index contributed by atoms with van der Waals surface area (Å²) in [5, 5.41) is 13.2. The normalized spacial score (nSPS) is 23.8. The van der Waals surface area contributed by atoms with Gasteiger partial charge in [-0.15, -0.1) is 11.3 Å². The molecule has 3 atom stereocenters. The summed E-state index contributed by atoms with van der Waals surface area (Å²) in [6.45, 7) is 7.56. The molecular weight excluding hydrogens is 498 g/mol. The number of hydrogen-bond acceptors (Lipinski definition) is 8. The number of aryl methyl sites for hydroxylation is 1. The molecule has 3 aromatic heterocycles. The van der Waals surface area contributed by atoms with Crippen LogP contribution >= 0.6 is 11.3 Å². The summed E-state index contributed by atoms with van der Waals surface area (Å²) in [6.07, 6.45) is 8.59. The number of fused-ring (bicyclic) bond motifs is 4. The first kappa shape index (κ1) is 23.8. The molecule has 4 aromatic rings. The summed E-state index contributed by atoms with van der Waals surface area (Å²) in [5.41, 5.74) is 4.56. The first-order chi connectivity index (χ1) is 18.5. The topological polar surface area (TPSA) is 99.3 Å². The molecule has 0 saturated carbocycles. The Balaban J connectivity index is 1.20. The number of nitrogens with zero attached hydrogens (tertiary/aromatic N) is 5. The predicted octanol–water partition coefficient (Wildman–Crippen LogP) is 4.65. The lowest BCUT2D eigenvalue weighted by Crippen LogP contribution is -2.50. The van der Waals surface area contributed by atoms with E-state index in [0.29, 0.717) is 13.1 Å². The number of aromatic nitrogens is 4. The molecule has 198 valence electrons. The summed E-state index contributed by atoms with van der Waals surface area (Å²) < 4.78 is 5.85. The average Bonchev–Trinajstić information content (AvgIpc) is 3.66. The zero-order chi connectivity index (χ0) is 25.8. The van der Waals surface area contributed by atoms with Gasteiger partial charge >= 0.3 is 0 Å². The highest BCUT2D eigenvalue weighted by Gasteiger charge is 2.34. The van der Waals surface area contributed by atoms with Gasteiger partial charge in [-0.05, 0) is 63.6 Å². The van der Waals surface area contributed by atoms with Gasteiger partial charge in [0.15, 0.2) is 0 Å². The SMILES string of the molecule is C[C@@H]1CN(C(=O)[C@H]2CCc3c(sc4ncnc(Nc5cc6cn[nH]c6cc5N5CCCC5)c34)C2)C[C@H](C)O1. The van der Waals surface area contributed by atoms with Gasteiger partial charge in [-0.25, -0.2) is 9.97 Å². The quantitative estimate of drug-likeness (QED) is 0.395. The Labute approximate surface area is 225 Å². The molecule has 1 amide bonds. The fourth-order valence-corrected chi connectivity index (χ4v) is 7.73. The Hall–Kier alpha value is -3.24. The summed E-state index contributed by atoms with van der Waals surface area (Å²) >= 11 is 1.71. The van der Waals surface area contributed by atoms with Crippen LogP contribution in [0.4, 0.5) is 17.2 Å². The molecule has 1 aliphatic carbocycles. The monoisotopic (exact) mass is 531 g/mol. The largest absolute Gasteiger partial charge is 0.372 e. The standard InChI is InChI=1S/C28H33N7O2S/c1-16-13-35(14-17(2)37-16)28(36)18-5-6-20-24(10-18)38-27-25(20)26(29-15-30-27)32-22-9-19-12-31-33-21(19)11-23(22)34-7-3-4-8-34/h9,11-12,15-18H,3-8,10,13-14H2,1-2H3,(H,31,33)(H,29,30,32)/t16-,17+,18-/m0/s1. The molecule has 9 nitrogen and oxygen atoms in total. The molecule has 2 saturated heterocycles. The number of morpholine rings is 1. The summed E-state index contributed by atoms with van der Waals surface area (Å²) in [6, 6.07) is 4.36. The number of carbonyl (C=O) groups excluding carboxylic acids is 1. The molecule has 10 heteroatoms. The molecule has 1 aromatic carbocycles. The highest BCUT2D eigenvalue weighted by atomic mass is 32.1. The number of H-pyrrole nitrogens is 1. The van der Waals surface area contributed by atoms with E-state index in [2.05, 4.69) is 37.5 Å². The van der Waals surface area contributed by atoms with Crippen LogP contribution in [0.5, 0.6) is 0 Å². The van der Waals surface area contributed by atoms with Crippen molar-refractivity contribution in [3.8, 4) is 0 Å². The van der Waals surface area contributed by atoms with Crippen molar-refractivity contribution in [2.75, 3.05) is 36.4 Å². The van der Waals surface area contributed by atoms with Crippen LogP contribution < -0.4 is 10.2 Å². The predicted molar refractivity (Wildman–Crippen MR) is 150 cm³/mol. The molecule has 2 N–H and O–H groups in total. The van der Waals surface area contributed by atoms with E-state index in [4.69, 9.17) is 9.72 Å². The number of amides is 1. The van der Waals surface area contributed by atoms with Gasteiger partial charge in [0.05, 0.1) is 40.7 Å². The molecule has 2 aliphatic heterocycles. The molecular formula is C28H33N7O2S. The van der Waals surface area contributed by atoms with Crippen molar-refractivity contribution in [2.24, 2.45) is 5.92 Å². The van der Waals surface area contributed by atoms with Crippen LogP contribution in [-0.4, -0.2) is 69.4 Å². The van der Waals surface area contributed by atoms with Crippen molar-refractivity contribution in [3.05, 3.63) is 35.1 Å². The van der Waals surface area contributed by atoms with Gasteiger partial charge < -0.3 is 19.9 Å². The molecule has 5 heterocycles. The van der Waals surface area contributed by atoms with Crippen LogP contribution in [0.2, 0.25) is 0 Å². The smallest absolute Gasteiger partial charge is 0.226 e. The first-order valence-corrected chi connectivity index (χ1v) is 14.5. The molecule has 0 spiro atoms. The summed E-state index contributed by atoms with van der Waals surface area (Å²) in [4.78, 5) is 29.5. The Kier molecular flexibility index (Phi) is 5.96. The van der Waals surface area contributed by atoms with Crippen molar-refractivity contribution < 1.29 is 9.53 Å². The van der Waals surface area contributed by atoms with Crippen molar-refractivity contribution in [1.82, 2.24) is 25.1 Å². The average molecular weight is 532 g/mol. The van der Waals surface area contributed by atoms with Crippen molar-refractivity contribution in [1.29, 1.82) is 0 Å². The van der Waals surface area contributed by atoms with Gasteiger partial charge in [0.25, 0.3) is 0 Å². The Morgan fingerprint density at radius 2 is 1.97 bits per heavy atom. The van der Waals surface area contributed by atoms with Crippen LogP contribution in [0.3, 0.4) is 0 Å². The molecule has 38 heavy (non-hydrogen) atoms. The Morgan fingerprint density at radius 1 is 1.16 bits per heavy atom. The van der Waals surface area contributed by atoms with E-state index in [0.717, 1.165) is 65.0 Å². The van der Waals surface area contributed by atoms with Crippen LogP contribution in [-0.2, 0) is 22.4 Å². The number of anilines is 3. The van der Waals surface area contributed by atoms with Gasteiger partial charge in [-0.1, -0.05) is 0 Å².